The Morgan fingerprint density at radius 3 is 2.80 bits per heavy atom. The highest BCUT2D eigenvalue weighted by atomic mass is 79.9. The maximum Gasteiger partial charge on any atom is 0.152 e. The molecule has 2 bridgehead atoms. The number of Topliss-reactive ketones (excluding diaryl/α,β-unsaturated/α-hetero) is 1. The minimum atomic E-state index is -0.0613. The normalized spacial score (nSPS) is 43.1. The summed E-state index contributed by atoms with van der Waals surface area (Å²) in [5, 5.41) is 0.489. The van der Waals surface area contributed by atoms with E-state index in [1.165, 1.54) is 0 Å². The van der Waals surface area contributed by atoms with Crippen molar-refractivity contribution >= 4 is 21.7 Å². The Balaban J connectivity index is 2.10. The van der Waals surface area contributed by atoms with Crippen LogP contribution in [0.1, 0.15) is 12.8 Å². The van der Waals surface area contributed by atoms with Crippen LogP contribution < -0.4 is 0 Å². The molecule has 0 amide bonds. The number of alkyl halides is 1. The van der Waals surface area contributed by atoms with Gasteiger partial charge in [-0.3, -0.25) is 4.79 Å². The second kappa shape index (κ2) is 2.05. The van der Waals surface area contributed by atoms with Crippen LogP contribution in [0, 0.1) is 5.41 Å². The summed E-state index contributed by atoms with van der Waals surface area (Å²) in [4.78, 5) is 11.2. The van der Waals surface area contributed by atoms with Gasteiger partial charge in [-0.1, -0.05) is 15.9 Å². The zero-order valence-electron chi connectivity index (χ0n) is 5.60. The van der Waals surface area contributed by atoms with Crippen LogP contribution in [-0.2, 0) is 9.53 Å². The average molecular weight is 205 g/mol. The van der Waals surface area contributed by atoms with E-state index in [-0.39, 0.29) is 5.41 Å². The molecule has 3 heteroatoms. The second-order valence-electron chi connectivity index (χ2n) is 3.18. The van der Waals surface area contributed by atoms with Crippen LogP contribution in [-0.4, -0.2) is 23.8 Å². The lowest BCUT2D eigenvalue weighted by molar-refractivity contribution is -0.127. The highest BCUT2D eigenvalue weighted by molar-refractivity contribution is 9.09. The van der Waals surface area contributed by atoms with Crippen LogP contribution in [0.4, 0.5) is 0 Å². The fourth-order valence-corrected chi connectivity index (χ4v) is 2.37. The van der Waals surface area contributed by atoms with Crippen molar-refractivity contribution in [2.75, 3.05) is 11.9 Å². The molecule has 0 unspecified atom stereocenters. The van der Waals surface area contributed by atoms with E-state index in [4.69, 9.17) is 4.74 Å². The number of ketones is 1. The van der Waals surface area contributed by atoms with Gasteiger partial charge in [-0.15, -0.1) is 0 Å². The molecule has 3 fully saturated rings. The predicted octanol–water partition coefficient (Wildman–Crippen LogP) is 1.13. The molecule has 3 rings (SSSR count). The number of hydrogen-bond donors (Lipinski definition) is 0. The summed E-state index contributed by atoms with van der Waals surface area (Å²) >= 11 is 3.18. The molecule has 2 heterocycles. The van der Waals surface area contributed by atoms with Crippen LogP contribution >= 0.6 is 15.9 Å². The van der Waals surface area contributed by atoms with E-state index in [1.807, 2.05) is 0 Å². The average Bonchev–Trinajstić information content (AvgIpc) is 2.41. The lowest BCUT2D eigenvalue weighted by Gasteiger charge is -2.32. The van der Waals surface area contributed by atoms with Crippen molar-refractivity contribution in [1.82, 2.24) is 0 Å². The predicted molar refractivity (Wildman–Crippen MR) is 40.2 cm³/mol. The van der Waals surface area contributed by atoms with Crippen molar-refractivity contribution in [3.63, 3.8) is 0 Å². The molecule has 1 aliphatic carbocycles. The summed E-state index contributed by atoms with van der Waals surface area (Å²) in [5.41, 5.74) is -0.0613. The van der Waals surface area contributed by atoms with Gasteiger partial charge in [0.1, 0.15) is 0 Å². The third-order valence-corrected chi connectivity index (χ3v) is 3.05. The third-order valence-electron chi connectivity index (χ3n) is 2.55. The Morgan fingerprint density at radius 1 is 1.70 bits per heavy atom. The largest absolute Gasteiger partial charge is 0.377 e. The smallest absolute Gasteiger partial charge is 0.152 e. The molecule has 0 aromatic carbocycles. The summed E-state index contributed by atoms with van der Waals surface area (Å²) < 4.78 is 5.31. The zero-order valence-corrected chi connectivity index (χ0v) is 7.19. The standard InChI is InChI=1S/C7H9BrO2/c8-3-6(9)7-1-5(2-7)10-4-7/h5H,1-4H2. The minimum absolute atomic E-state index is 0.0613. The summed E-state index contributed by atoms with van der Waals surface area (Å²) in [6, 6.07) is 0. The number of rotatable bonds is 2. The molecule has 2 aliphatic heterocycles. The first-order valence-electron chi connectivity index (χ1n) is 3.48. The second-order valence-corrected chi connectivity index (χ2v) is 3.74. The minimum Gasteiger partial charge on any atom is -0.377 e. The Bertz CT molecular complexity index is 167. The topological polar surface area (TPSA) is 26.3 Å². The summed E-state index contributed by atoms with van der Waals surface area (Å²) in [7, 11) is 0. The maximum absolute atomic E-state index is 11.2. The summed E-state index contributed by atoms with van der Waals surface area (Å²) in [6.07, 6.45) is 2.34. The van der Waals surface area contributed by atoms with Crippen molar-refractivity contribution in [2.24, 2.45) is 5.41 Å². The van der Waals surface area contributed by atoms with Gasteiger partial charge in [0.2, 0.25) is 0 Å². The van der Waals surface area contributed by atoms with Gasteiger partial charge in [0.15, 0.2) is 5.78 Å². The molecular weight excluding hydrogens is 196 g/mol. The lowest BCUT2D eigenvalue weighted by Crippen LogP contribution is -2.40. The van der Waals surface area contributed by atoms with E-state index in [9.17, 15) is 4.79 Å². The number of ether oxygens (including phenoxy) is 1. The van der Waals surface area contributed by atoms with Crippen molar-refractivity contribution in [1.29, 1.82) is 0 Å². The molecule has 10 heavy (non-hydrogen) atoms. The molecule has 2 saturated heterocycles. The number of hydrogen-bond acceptors (Lipinski definition) is 2. The molecule has 2 nitrogen and oxygen atoms in total. The molecule has 1 saturated carbocycles. The molecule has 0 atom stereocenters. The maximum atomic E-state index is 11.2. The van der Waals surface area contributed by atoms with Gasteiger partial charge < -0.3 is 4.74 Å². The Hall–Kier alpha value is 0.110. The van der Waals surface area contributed by atoms with Gasteiger partial charge in [-0.25, -0.2) is 0 Å². The molecule has 0 aromatic rings. The molecule has 56 valence electrons. The SMILES string of the molecule is O=C(CBr)C12COC(C1)C2. The number of carbonyl (C=O) groups is 1. The van der Waals surface area contributed by atoms with E-state index in [0.717, 1.165) is 12.8 Å². The van der Waals surface area contributed by atoms with Crippen molar-refractivity contribution in [3.8, 4) is 0 Å². The molecular formula is C7H9BrO2. The van der Waals surface area contributed by atoms with Gasteiger partial charge in [0.05, 0.1) is 23.5 Å². The first kappa shape index (κ1) is 6.80. The van der Waals surface area contributed by atoms with Gasteiger partial charge in [-0.05, 0) is 12.8 Å². The number of halogens is 1. The van der Waals surface area contributed by atoms with E-state index in [1.54, 1.807) is 0 Å². The van der Waals surface area contributed by atoms with E-state index < -0.39 is 0 Å². The van der Waals surface area contributed by atoms with Gasteiger partial charge in [-0.2, -0.15) is 0 Å². The van der Waals surface area contributed by atoms with Crippen LogP contribution in [0.5, 0.6) is 0 Å². The molecule has 0 aromatic heterocycles. The molecule has 0 spiro atoms. The highest BCUT2D eigenvalue weighted by Gasteiger charge is 2.55. The van der Waals surface area contributed by atoms with Crippen molar-refractivity contribution < 1.29 is 9.53 Å². The fraction of sp³-hybridized carbons (Fsp3) is 0.857. The van der Waals surface area contributed by atoms with Crippen molar-refractivity contribution in [2.45, 2.75) is 18.9 Å². The highest BCUT2D eigenvalue weighted by Crippen LogP contribution is 2.50. The van der Waals surface area contributed by atoms with Crippen molar-refractivity contribution in [3.05, 3.63) is 0 Å². The summed E-state index contributed by atoms with van der Waals surface area (Å²) in [5.74, 6) is 0.321. The van der Waals surface area contributed by atoms with E-state index in [2.05, 4.69) is 15.9 Å². The van der Waals surface area contributed by atoms with Gasteiger partial charge in [0.25, 0.3) is 0 Å². The van der Waals surface area contributed by atoms with Crippen LogP contribution in [0.15, 0.2) is 0 Å². The zero-order chi connectivity index (χ0) is 7.19. The lowest BCUT2D eigenvalue weighted by atomic mass is 9.68. The quantitative estimate of drug-likeness (QED) is 0.631. The summed E-state index contributed by atoms with van der Waals surface area (Å²) in [6.45, 7) is 0.669. The van der Waals surface area contributed by atoms with Crippen LogP contribution in [0.25, 0.3) is 0 Å². The number of carbonyl (C=O) groups excluding carboxylic acids is 1. The fourth-order valence-electron chi connectivity index (χ4n) is 1.77. The monoisotopic (exact) mass is 204 g/mol. The van der Waals surface area contributed by atoms with Crippen LogP contribution in [0.2, 0.25) is 0 Å². The molecule has 0 radical (unpaired) electrons. The Labute approximate surface area is 68.1 Å². The third kappa shape index (κ3) is 0.705. The van der Waals surface area contributed by atoms with E-state index >= 15 is 0 Å². The van der Waals surface area contributed by atoms with Crippen LogP contribution in [0.3, 0.4) is 0 Å². The first-order chi connectivity index (χ1) is 4.77. The Kier molecular flexibility index (Phi) is 1.39. The number of fused-ring (bicyclic) bond motifs is 1. The Morgan fingerprint density at radius 2 is 2.40 bits per heavy atom. The molecule has 3 aliphatic rings. The first-order valence-corrected chi connectivity index (χ1v) is 4.60. The van der Waals surface area contributed by atoms with E-state index in [0.29, 0.717) is 23.8 Å². The van der Waals surface area contributed by atoms with Gasteiger partial charge >= 0.3 is 0 Å². The molecule has 0 N–H and O–H groups in total. The van der Waals surface area contributed by atoms with Gasteiger partial charge in [0, 0.05) is 0 Å².